The average molecular weight is 408 g/mol. The molecule has 3 aliphatic carbocycles. The molecule has 0 aromatic heterocycles. The van der Waals surface area contributed by atoms with E-state index in [4.69, 9.17) is 9.47 Å². The van der Waals surface area contributed by atoms with E-state index >= 15 is 0 Å². The van der Waals surface area contributed by atoms with Gasteiger partial charge in [0, 0.05) is 11.3 Å². The molecule has 10 atom stereocenters. The van der Waals surface area contributed by atoms with Gasteiger partial charge in [-0.3, -0.25) is 4.79 Å². The fourth-order valence-electron chi connectivity index (χ4n) is 7.19. The minimum absolute atomic E-state index is 0.142. The molecule has 2 saturated heterocycles. The number of hydrogen-bond acceptors (Lipinski definition) is 9. The fraction of sp³-hybridized carbons (Fsp3) is 0.700. The number of aliphatic hydroxyl groups is 5. The molecule has 2 aliphatic heterocycles. The summed E-state index contributed by atoms with van der Waals surface area (Å²) in [5, 5.41) is 55.7. The van der Waals surface area contributed by atoms with Gasteiger partial charge < -0.3 is 35.0 Å². The van der Waals surface area contributed by atoms with Crippen molar-refractivity contribution in [2.24, 2.45) is 22.7 Å². The van der Waals surface area contributed by atoms with Crippen LogP contribution in [0.5, 0.6) is 0 Å². The minimum atomic E-state index is -2.37. The summed E-state index contributed by atoms with van der Waals surface area (Å²) < 4.78 is 11.1. The van der Waals surface area contributed by atoms with Crippen LogP contribution in [0.15, 0.2) is 23.8 Å². The van der Waals surface area contributed by atoms with E-state index in [0.717, 1.165) is 0 Å². The highest BCUT2D eigenvalue weighted by Gasteiger charge is 2.87. The maximum Gasteiger partial charge on any atom is 0.338 e. The zero-order chi connectivity index (χ0) is 21.3. The molecule has 1 spiro atoms. The molecule has 2 saturated carbocycles. The van der Waals surface area contributed by atoms with Crippen LogP contribution in [0.25, 0.3) is 0 Å². The lowest BCUT2D eigenvalue weighted by atomic mass is 9.37. The third kappa shape index (κ3) is 1.69. The van der Waals surface area contributed by atoms with Crippen molar-refractivity contribution >= 4 is 11.8 Å². The van der Waals surface area contributed by atoms with Crippen LogP contribution in [0, 0.1) is 22.7 Å². The first kappa shape index (κ1) is 19.3. The Balaban J connectivity index is 1.85. The van der Waals surface area contributed by atoms with Crippen molar-refractivity contribution in [3.8, 4) is 0 Å². The van der Waals surface area contributed by atoms with Gasteiger partial charge in [-0.05, 0) is 30.9 Å². The van der Waals surface area contributed by atoms with Crippen LogP contribution in [0.1, 0.15) is 20.3 Å². The molecule has 2 heterocycles. The highest BCUT2D eigenvalue weighted by molar-refractivity contribution is 5.96. The Hall–Kier alpha value is -1.62. The van der Waals surface area contributed by atoms with Crippen molar-refractivity contribution in [2.45, 2.75) is 56.1 Å². The molecule has 158 valence electrons. The summed E-state index contributed by atoms with van der Waals surface area (Å²) in [5.41, 5.74) is -5.06. The number of rotatable bonds is 0. The van der Waals surface area contributed by atoms with Crippen LogP contribution in [-0.2, 0) is 19.1 Å². The maximum absolute atomic E-state index is 12.5. The number of allylic oxidation sites excluding steroid dienone is 1. The molecule has 5 rings (SSSR count). The molecule has 0 radical (unpaired) electrons. The monoisotopic (exact) mass is 408 g/mol. The molecule has 4 fully saturated rings. The standard InChI is InChI=1S/C20H24O9/c1-7-4-10(21)13(23)17(3)9(7)5-11-18-6-28-20(27,16(17)18)12(22)8(2)19(18,26)14(24)15(25)29-11/h4,9,11-14,16,22-24,26-27H,2,5-6H2,1,3H3/t9-,11-,12-,13-,14+,16-,17-,18-,19+,20-/m1/s1. The lowest BCUT2D eigenvalue weighted by Crippen LogP contribution is -2.82. The predicted molar refractivity (Wildman–Crippen MR) is 93.8 cm³/mol. The highest BCUT2D eigenvalue weighted by Crippen LogP contribution is 2.74. The van der Waals surface area contributed by atoms with Gasteiger partial charge >= 0.3 is 5.97 Å². The Morgan fingerprint density at radius 2 is 1.79 bits per heavy atom. The van der Waals surface area contributed by atoms with Gasteiger partial charge in [0.25, 0.3) is 0 Å². The van der Waals surface area contributed by atoms with Gasteiger partial charge in [0.15, 0.2) is 11.9 Å². The minimum Gasteiger partial charge on any atom is -0.460 e. The van der Waals surface area contributed by atoms with Gasteiger partial charge in [-0.1, -0.05) is 19.1 Å². The number of ketones is 1. The third-order valence-electron chi connectivity index (χ3n) is 8.44. The van der Waals surface area contributed by atoms with Gasteiger partial charge in [0.05, 0.1) is 12.0 Å². The number of hydrogen-bond donors (Lipinski definition) is 5. The largest absolute Gasteiger partial charge is 0.460 e. The molecule has 5 aliphatic rings. The zero-order valence-electron chi connectivity index (χ0n) is 16.0. The third-order valence-corrected chi connectivity index (χ3v) is 8.44. The van der Waals surface area contributed by atoms with E-state index in [2.05, 4.69) is 6.58 Å². The number of esters is 1. The van der Waals surface area contributed by atoms with E-state index in [-0.39, 0.29) is 18.6 Å². The van der Waals surface area contributed by atoms with Crippen LogP contribution in [-0.4, -0.2) is 79.7 Å². The van der Waals surface area contributed by atoms with Crippen molar-refractivity contribution in [1.29, 1.82) is 0 Å². The van der Waals surface area contributed by atoms with Crippen LogP contribution in [0.2, 0.25) is 0 Å². The van der Waals surface area contributed by atoms with Gasteiger partial charge in [0.1, 0.15) is 23.9 Å². The lowest BCUT2D eigenvalue weighted by molar-refractivity contribution is -0.337. The van der Waals surface area contributed by atoms with Gasteiger partial charge in [-0.25, -0.2) is 4.79 Å². The summed E-state index contributed by atoms with van der Waals surface area (Å²) in [6.07, 6.45) is -5.01. The predicted octanol–water partition coefficient (Wildman–Crippen LogP) is -1.83. The molecular formula is C20H24O9. The second kappa shape index (κ2) is 5.16. The normalized spacial score (nSPS) is 58.3. The lowest BCUT2D eigenvalue weighted by Gasteiger charge is -2.69. The van der Waals surface area contributed by atoms with E-state index in [0.29, 0.717) is 5.57 Å². The summed E-state index contributed by atoms with van der Waals surface area (Å²) in [7, 11) is 0. The fourth-order valence-corrected chi connectivity index (χ4v) is 7.19. The summed E-state index contributed by atoms with van der Waals surface area (Å²) in [4.78, 5) is 25.0. The zero-order valence-corrected chi connectivity index (χ0v) is 16.0. The second-order valence-electron chi connectivity index (χ2n) is 9.38. The SMILES string of the molecule is C=C1[C@@H](O)[C@@]2(O)OC[C@]34[C@H]2[C@@]2(C)[C@H](O)C(=O)C=C(C)[C@H]2C[C@H]3OC(=O)[C@H](O)[C@@]14O. The Labute approximate surface area is 166 Å². The van der Waals surface area contributed by atoms with E-state index in [9.17, 15) is 35.1 Å². The van der Waals surface area contributed by atoms with Crippen molar-refractivity contribution in [3.05, 3.63) is 23.8 Å². The quantitative estimate of drug-likeness (QED) is 0.230. The number of ether oxygens (including phenoxy) is 2. The molecule has 0 amide bonds. The van der Waals surface area contributed by atoms with E-state index in [1.165, 1.54) is 6.08 Å². The molecule has 0 unspecified atom stereocenters. The molecule has 5 N–H and O–H groups in total. The number of carbonyl (C=O) groups excluding carboxylic acids is 2. The number of carbonyl (C=O) groups is 2. The Morgan fingerprint density at radius 1 is 1.14 bits per heavy atom. The first-order valence-electron chi connectivity index (χ1n) is 9.63. The molecule has 2 bridgehead atoms. The summed E-state index contributed by atoms with van der Waals surface area (Å²) >= 11 is 0. The molecule has 29 heavy (non-hydrogen) atoms. The topological polar surface area (TPSA) is 154 Å². The molecule has 0 aromatic carbocycles. The van der Waals surface area contributed by atoms with Crippen molar-refractivity contribution < 1.29 is 44.6 Å². The second-order valence-corrected chi connectivity index (χ2v) is 9.38. The van der Waals surface area contributed by atoms with Crippen LogP contribution in [0.3, 0.4) is 0 Å². The number of aliphatic hydroxyl groups excluding tert-OH is 3. The summed E-state index contributed by atoms with van der Waals surface area (Å²) in [6.45, 7) is 6.62. The Morgan fingerprint density at radius 3 is 2.45 bits per heavy atom. The molecule has 9 nitrogen and oxygen atoms in total. The Kier molecular flexibility index (Phi) is 3.44. The molecule has 9 heteroatoms. The van der Waals surface area contributed by atoms with Gasteiger partial charge in [-0.15, -0.1) is 0 Å². The van der Waals surface area contributed by atoms with E-state index in [1.807, 2.05) is 0 Å². The van der Waals surface area contributed by atoms with Crippen LogP contribution in [0.4, 0.5) is 0 Å². The summed E-state index contributed by atoms with van der Waals surface area (Å²) in [5.74, 6) is -5.66. The van der Waals surface area contributed by atoms with Crippen LogP contribution < -0.4 is 0 Å². The Bertz CT molecular complexity index is 896. The summed E-state index contributed by atoms with van der Waals surface area (Å²) in [6, 6.07) is 0. The van der Waals surface area contributed by atoms with Crippen molar-refractivity contribution in [2.75, 3.05) is 6.61 Å². The average Bonchev–Trinajstić information content (AvgIpc) is 2.98. The first-order valence-corrected chi connectivity index (χ1v) is 9.63. The number of fused-ring (bicyclic) bond motifs is 1. The smallest absolute Gasteiger partial charge is 0.338 e. The maximum atomic E-state index is 12.5. The van der Waals surface area contributed by atoms with E-state index < -0.39 is 70.2 Å². The van der Waals surface area contributed by atoms with Crippen molar-refractivity contribution in [1.82, 2.24) is 0 Å². The molecular weight excluding hydrogens is 384 g/mol. The van der Waals surface area contributed by atoms with Gasteiger partial charge in [-0.2, -0.15) is 0 Å². The van der Waals surface area contributed by atoms with Crippen LogP contribution >= 0.6 is 0 Å². The highest BCUT2D eigenvalue weighted by atomic mass is 16.7. The van der Waals surface area contributed by atoms with Crippen molar-refractivity contribution in [3.63, 3.8) is 0 Å². The van der Waals surface area contributed by atoms with Gasteiger partial charge in [0.2, 0.25) is 5.79 Å². The molecule has 0 aromatic rings. The first-order chi connectivity index (χ1) is 13.4. The van der Waals surface area contributed by atoms with E-state index in [1.54, 1.807) is 13.8 Å².